The van der Waals surface area contributed by atoms with Gasteiger partial charge in [-0.25, -0.2) is 9.78 Å². The summed E-state index contributed by atoms with van der Waals surface area (Å²) in [7, 11) is 0. The normalized spacial score (nSPS) is 15.7. The highest BCUT2D eigenvalue weighted by atomic mass is 16.6. The maximum Gasteiger partial charge on any atom is 0.422 e. The molecule has 1 aliphatic rings. The zero-order valence-electron chi connectivity index (χ0n) is 20.9. The lowest BCUT2D eigenvalue weighted by Gasteiger charge is -2.35. The number of nitrogens with one attached hydrogen (secondary N) is 1. The lowest BCUT2D eigenvalue weighted by Crippen LogP contribution is -2.51. The van der Waals surface area contributed by atoms with Crippen LogP contribution in [0.1, 0.15) is 49.4 Å². The van der Waals surface area contributed by atoms with Gasteiger partial charge in [-0.3, -0.25) is 10.2 Å². The van der Waals surface area contributed by atoms with E-state index in [9.17, 15) is 14.7 Å². The third kappa shape index (κ3) is 6.04. The number of carbonyl (C=O) groups excluding carboxylic acids is 1. The summed E-state index contributed by atoms with van der Waals surface area (Å²) in [5.74, 6) is 0.774. The number of fused-ring (bicyclic) bond motifs is 1. The van der Waals surface area contributed by atoms with Crippen molar-refractivity contribution in [1.82, 2.24) is 15.4 Å². The molecule has 1 amide bonds. The van der Waals surface area contributed by atoms with Crippen molar-refractivity contribution in [2.24, 2.45) is 0 Å². The molecule has 0 saturated heterocycles. The van der Waals surface area contributed by atoms with Gasteiger partial charge >= 0.3 is 12.1 Å². The van der Waals surface area contributed by atoms with E-state index in [-0.39, 0.29) is 0 Å². The lowest BCUT2D eigenvalue weighted by atomic mass is 9.93. The van der Waals surface area contributed by atoms with Crippen LogP contribution in [0.3, 0.4) is 0 Å². The third-order valence-corrected chi connectivity index (χ3v) is 5.73. The summed E-state index contributed by atoms with van der Waals surface area (Å²) in [5.41, 5.74) is 5.09. The number of hydrazine groups is 1. The zero-order chi connectivity index (χ0) is 25.9. The molecule has 0 spiro atoms. The van der Waals surface area contributed by atoms with Crippen molar-refractivity contribution in [3.8, 4) is 17.2 Å². The molecule has 9 heteroatoms. The molecule has 0 aliphatic carbocycles. The van der Waals surface area contributed by atoms with Gasteiger partial charge in [-0.2, -0.15) is 5.01 Å². The molecule has 2 aromatic carbocycles. The van der Waals surface area contributed by atoms with E-state index < -0.39 is 23.7 Å². The standard InChI is InChI=1S/C27H31N3O6/c1-17-22(28-24(35-17)19-8-6-5-7-9-19)13-15-34-20-11-10-18-12-14-30(23(25(31)32)21(18)16-20)29-26(33)36-27(2,3)4/h5-11,16,23H,12-15H2,1-4H3,(H,29,33)(H,31,32)/t23-/m0/s1. The van der Waals surface area contributed by atoms with E-state index in [1.807, 2.05) is 49.4 Å². The average Bonchev–Trinajstić information content (AvgIpc) is 3.18. The maximum absolute atomic E-state index is 12.3. The van der Waals surface area contributed by atoms with E-state index in [0.29, 0.717) is 43.2 Å². The molecule has 1 aliphatic heterocycles. The number of hydrogen-bond acceptors (Lipinski definition) is 7. The highest BCUT2D eigenvalue weighted by Gasteiger charge is 2.35. The molecule has 1 aromatic heterocycles. The van der Waals surface area contributed by atoms with Crippen LogP contribution in [0.25, 0.3) is 11.5 Å². The number of rotatable bonds is 7. The number of aliphatic carboxylic acids is 1. The first kappa shape index (κ1) is 25.2. The summed E-state index contributed by atoms with van der Waals surface area (Å²) in [5, 5.41) is 11.3. The van der Waals surface area contributed by atoms with Crippen LogP contribution in [0.4, 0.5) is 4.79 Å². The minimum absolute atomic E-state index is 0.345. The molecule has 9 nitrogen and oxygen atoms in total. The molecule has 190 valence electrons. The lowest BCUT2D eigenvalue weighted by molar-refractivity contribution is -0.145. The Hall–Kier alpha value is -3.85. The average molecular weight is 494 g/mol. The summed E-state index contributed by atoms with van der Waals surface area (Å²) in [6, 6.07) is 14.1. The predicted molar refractivity (Wildman–Crippen MR) is 132 cm³/mol. The van der Waals surface area contributed by atoms with Gasteiger partial charge < -0.3 is 19.0 Å². The minimum atomic E-state index is -1.07. The molecule has 2 N–H and O–H groups in total. The van der Waals surface area contributed by atoms with Gasteiger partial charge in [-0.1, -0.05) is 24.3 Å². The fourth-order valence-corrected chi connectivity index (χ4v) is 4.12. The van der Waals surface area contributed by atoms with Crippen LogP contribution in [0.2, 0.25) is 0 Å². The van der Waals surface area contributed by atoms with Crippen LogP contribution in [0.15, 0.2) is 52.9 Å². The van der Waals surface area contributed by atoms with Gasteiger partial charge in [0.25, 0.3) is 0 Å². The minimum Gasteiger partial charge on any atom is -0.493 e. The smallest absolute Gasteiger partial charge is 0.422 e. The third-order valence-electron chi connectivity index (χ3n) is 5.73. The van der Waals surface area contributed by atoms with Crippen molar-refractivity contribution < 1.29 is 28.6 Å². The van der Waals surface area contributed by atoms with Crippen molar-refractivity contribution in [2.45, 2.75) is 52.2 Å². The Kier molecular flexibility index (Phi) is 7.30. The van der Waals surface area contributed by atoms with Gasteiger partial charge in [-0.15, -0.1) is 0 Å². The van der Waals surface area contributed by atoms with E-state index >= 15 is 0 Å². The molecular weight excluding hydrogens is 462 g/mol. The number of aryl methyl sites for hydroxylation is 1. The van der Waals surface area contributed by atoms with Gasteiger partial charge in [-0.05, 0) is 69.5 Å². The van der Waals surface area contributed by atoms with Crippen LogP contribution < -0.4 is 10.2 Å². The Morgan fingerprint density at radius 3 is 2.64 bits per heavy atom. The van der Waals surface area contributed by atoms with Crippen LogP contribution >= 0.6 is 0 Å². The first-order chi connectivity index (χ1) is 17.1. The summed E-state index contributed by atoms with van der Waals surface area (Å²) < 4.78 is 17.1. The topological polar surface area (TPSA) is 114 Å². The highest BCUT2D eigenvalue weighted by molar-refractivity contribution is 5.78. The molecule has 3 aromatic rings. The number of oxazole rings is 1. The molecule has 0 bridgehead atoms. The van der Waals surface area contributed by atoms with Crippen LogP contribution in [-0.2, 0) is 22.4 Å². The fourth-order valence-electron chi connectivity index (χ4n) is 4.12. The van der Waals surface area contributed by atoms with Crippen LogP contribution in [-0.4, -0.2) is 45.9 Å². The number of ether oxygens (including phenoxy) is 2. The van der Waals surface area contributed by atoms with E-state index in [0.717, 1.165) is 22.6 Å². The van der Waals surface area contributed by atoms with Crippen LogP contribution in [0, 0.1) is 6.92 Å². The van der Waals surface area contributed by atoms with Gasteiger partial charge in [0.1, 0.15) is 17.1 Å². The summed E-state index contributed by atoms with van der Waals surface area (Å²) >= 11 is 0. The molecule has 0 radical (unpaired) electrons. The Balaban J connectivity index is 1.43. The van der Waals surface area contributed by atoms with Crippen molar-refractivity contribution in [2.75, 3.05) is 13.2 Å². The first-order valence-corrected chi connectivity index (χ1v) is 11.9. The Labute approximate surface area is 210 Å². The number of carboxylic acids is 1. The number of amides is 1. The summed E-state index contributed by atoms with van der Waals surface area (Å²) in [6.07, 6.45) is 0.422. The van der Waals surface area contributed by atoms with E-state index in [2.05, 4.69) is 10.4 Å². The monoisotopic (exact) mass is 493 g/mol. The summed E-state index contributed by atoms with van der Waals surface area (Å²) in [6.45, 7) is 7.81. The summed E-state index contributed by atoms with van der Waals surface area (Å²) in [4.78, 5) is 29.0. The maximum atomic E-state index is 12.3. The molecular formula is C27H31N3O6. The van der Waals surface area contributed by atoms with E-state index in [4.69, 9.17) is 13.9 Å². The number of hydrogen-bond donors (Lipinski definition) is 2. The molecule has 2 heterocycles. The second-order valence-electron chi connectivity index (χ2n) is 9.64. The number of carbonyl (C=O) groups is 2. The Morgan fingerprint density at radius 1 is 1.19 bits per heavy atom. The Morgan fingerprint density at radius 2 is 1.94 bits per heavy atom. The van der Waals surface area contributed by atoms with Crippen molar-refractivity contribution in [1.29, 1.82) is 0 Å². The molecule has 1 atom stereocenters. The SMILES string of the molecule is Cc1oc(-c2ccccc2)nc1CCOc1ccc2c(c1)[C@@H](C(=O)O)N(NC(=O)OC(C)(C)C)CC2. The quantitative estimate of drug-likeness (QED) is 0.487. The van der Waals surface area contributed by atoms with E-state index in [1.165, 1.54) is 5.01 Å². The van der Waals surface area contributed by atoms with Crippen LogP contribution in [0.5, 0.6) is 5.75 Å². The first-order valence-electron chi connectivity index (χ1n) is 11.9. The van der Waals surface area contributed by atoms with Gasteiger partial charge in [0.15, 0.2) is 6.04 Å². The number of carboxylic acid groups (broad SMARTS) is 1. The molecule has 4 rings (SSSR count). The Bertz CT molecular complexity index is 1230. The second-order valence-corrected chi connectivity index (χ2v) is 9.64. The van der Waals surface area contributed by atoms with E-state index in [1.54, 1.807) is 26.8 Å². The molecule has 0 saturated carbocycles. The van der Waals surface area contributed by atoms with Gasteiger partial charge in [0, 0.05) is 18.5 Å². The van der Waals surface area contributed by atoms with Gasteiger partial charge in [0.05, 0.1) is 12.3 Å². The van der Waals surface area contributed by atoms with Gasteiger partial charge in [0.2, 0.25) is 5.89 Å². The fraction of sp³-hybridized carbons (Fsp3) is 0.370. The number of aromatic nitrogens is 1. The van der Waals surface area contributed by atoms with Crippen molar-refractivity contribution in [3.63, 3.8) is 0 Å². The predicted octanol–water partition coefficient (Wildman–Crippen LogP) is 4.70. The molecule has 0 unspecified atom stereocenters. The van der Waals surface area contributed by atoms with Crippen molar-refractivity contribution >= 4 is 12.1 Å². The highest BCUT2D eigenvalue weighted by Crippen LogP contribution is 2.32. The molecule has 0 fully saturated rings. The second kappa shape index (κ2) is 10.4. The zero-order valence-corrected chi connectivity index (χ0v) is 20.9. The largest absolute Gasteiger partial charge is 0.493 e. The number of benzene rings is 2. The van der Waals surface area contributed by atoms with Crippen molar-refractivity contribution in [3.05, 3.63) is 71.1 Å². The number of nitrogens with zero attached hydrogens (tertiary/aromatic N) is 2. The molecule has 36 heavy (non-hydrogen) atoms.